The second kappa shape index (κ2) is 8.40. The number of rotatable bonds is 7. The van der Waals surface area contributed by atoms with Crippen LogP contribution in [0.1, 0.15) is 32.3 Å². The van der Waals surface area contributed by atoms with Gasteiger partial charge in [0.15, 0.2) is 0 Å². The van der Waals surface area contributed by atoms with Crippen LogP contribution in [0.5, 0.6) is 0 Å². The lowest BCUT2D eigenvalue weighted by atomic mass is 9.86. The van der Waals surface area contributed by atoms with Crippen molar-refractivity contribution in [1.82, 2.24) is 5.32 Å². The molecule has 1 aliphatic rings. The standard InChI is InChI=1S/C18H30N2O/c1-15(2)16-8-11-20(12-9-16)18-7-5-4-6-17(18)14-19-10-13-21-3/h4-7,15-16,19H,8-14H2,1-3H3. The Bertz CT molecular complexity index is 411. The predicted octanol–water partition coefficient (Wildman–Crippen LogP) is 3.30. The van der Waals surface area contributed by atoms with Gasteiger partial charge in [0.05, 0.1) is 6.61 Å². The van der Waals surface area contributed by atoms with Crippen LogP contribution in [-0.2, 0) is 11.3 Å². The largest absolute Gasteiger partial charge is 0.383 e. The number of benzene rings is 1. The molecule has 21 heavy (non-hydrogen) atoms. The topological polar surface area (TPSA) is 24.5 Å². The average molecular weight is 290 g/mol. The molecule has 1 aliphatic heterocycles. The molecule has 0 aromatic heterocycles. The molecule has 3 heteroatoms. The molecule has 0 bridgehead atoms. The molecule has 1 heterocycles. The number of hydrogen-bond donors (Lipinski definition) is 1. The van der Waals surface area contributed by atoms with E-state index in [1.165, 1.54) is 37.2 Å². The molecule has 0 amide bonds. The van der Waals surface area contributed by atoms with Gasteiger partial charge in [-0.1, -0.05) is 32.0 Å². The van der Waals surface area contributed by atoms with Gasteiger partial charge < -0.3 is 15.0 Å². The molecule has 1 aromatic rings. The van der Waals surface area contributed by atoms with Crippen molar-refractivity contribution < 1.29 is 4.74 Å². The molecule has 1 fully saturated rings. The van der Waals surface area contributed by atoms with Gasteiger partial charge in [0.2, 0.25) is 0 Å². The number of nitrogens with zero attached hydrogens (tertiary/aromatic N) is 1. The van der Waals surface area contributed by atoms with E-state index in [1.54, 1.807) is 7.11 Å². The summed E-state index contributed by atoms with van der Waals surface area (Å²) in [6, 6.07) is 8.80. The van der Waals surface area contributed by atoms with E-state index in [2.05, 4.69) is 48.3 Å². The molecule has 1 N–H and O–H groups in total. The summed E-state index contributed by atoms with van der Waals surface area (Å²) < 4.78 is 5.09. The van der Waals surface area contributed by atoms with Crippen molar-refractivity contribution in [3.05, 3.63) is 29.8 Å². The minimum Gasteiger partial charge on any atom is -0.383 e. The Kier molecular flexibility index (Phi) is 6.52. The number of nitrogens with one attached hydrogen (secondary N) is 1. The molecule has 118 valence electrons. The predicted molar refractivity (Wildman–Crippen MR) is 89.8 cm³/mol. The number of methoxy groups -OCH3 is 1. The van der Waals surface area contributed by atoms with Crippen LogP contribution in [0, 0.1) is 11.8 Å². The van der Waals surface area contributed by atoms with Gasteiger partial charge in [-0.15, -0.1) is 0 Å². The van der Waals surface area contributed by atoms with Crippen molar-refractivity contribution in [3.8, 4) is 0 Å². The maximum Gasteiger partial charge on any atom is 0.0587 e. The molecule has 0 saturated carbocycles. The Balaban J connectivity index is 1.93. The fraction of sp³-hybridized carbons (Fsp3) is 0.667. The lowest BCUT2D eigenvalue weighted by Gasteiger charge is -2.36. The van der Waals surface area contributed by atoms with Crippen molar-refractivity contribution >= 4 is 5.69 Å². The molecule has 0 aliphatic carbocycles. The molecular formula is C18H30N2O. The number of para-hydroxylation sites is 1. The van der Waals surface area contributed by atoms with Crippen LogP contribution in [0.25, 0.3) is 0 Å². The highest BCUT2D eigenvalue weighted by molar-refractivity contribution is 5.53. The zero-order valence-electron chi connectivity index (χ0n) is 13.8. The number of piperidine rings is 1. The maximum atomic E-state index is 5.09. The minimum atomic E-state index is 0.766. The Labute approximate surface area is 129 Å². The molecule has 1 saturated heterocycles. The number of hydrogen-bond acceptors (Lipinski definition) is 3. The molecule has 0 spiro atoms. The van der Waals surface area contributed by atoms with E-state index in [0.717, 1.165) is 31.5 Å². The van der Waals surface area contributed by atoms with Crippen LogP contribution >= 0.6 is 0 Å². The van der Waals surface area contributed by atoms with Crippen LogP contribution in [0.4, 0.5) is 5.69 Å². The number of anilines is 1. The zero-order chi connectivity index (χ0) is 15.1. The summed E-state index contributed by atoms with van der Waals surface area (Å²) in [4.78, 5) is 2.56. The minimum absolute atomic E-state index is 0.766. The van der Waals surface area contributed by atoms with Crippen molar-refractivity contribution in [1.29, 1.82) is 0 Å². The Morgan fingerprint density at radius 1 is 1.24 bits per heavy atom. The summed E-state index contributed by atoms with van der Waals surface area (Å²) in [5, 5.41) is 3.46. The van der Waals surface area contributed by atoms with Crippen molar-refractivity contribution in [2.24, 2.45) is 11.8 Å². The fourth-order valence-corrected chi connectivity index (χ4v) is 3.17. The SMILES string of the molecule is COCCNCc1ccccc1N1CCC(C(C)C)CC1. The van der Waals surface area contributed by atoms with Gasteiger partial charge in [-0.25, -0.2) is 0 Å². The molecule has 2 rings (SSSR count). The third-order valence-corrected chi connectivity index (χ3v) is 4.61. The lowest BCUT2D eigenvalue weighted by Crippen LogP contribution is -2.36. The normalized spacial score (nSPS) is 16.7. The first kappa shape index (κ1) is 16.3. The Morgan fingerprint density at radius 2 is 1.95 bits per heavy atom. The highest BCUT2D eigenvalue weighted by atomic mass is 16.5. The van der Waals surface area contributed by atoms with Crippen LogP contribution < -0.4 is 10.2 Å². The van der Waals surface area contributed by atoms with Crippen molar-refractivity contribution in [3.63, 3.8) is 0 Å². The van der Waals surface area contributed by atoms with Gasteiger partial charge >= 0.3 is 0 Å². The molecule has 0 atom stereocenters. The second-order valence-electron chi connectivity index (χ2n) is 6.37. The molecule has 0 unspecified atom stereocenters. The Hall–Kier alpha value is -1.06. The fourth-order valence-electron chi connectivity index (χ4n) is 3.17. The first-order valence-electron chi connectivity index (χ1n) is 8.25. The first-order chi connectivity index (χ1) is 10.2. The summed E-state index contributed by atoms with van der Waals surface area (Å²) in [5.74, 6) is 1.71. The summed E-state index contributed by atoms with van der Waals surface area (Å²) in [7, 11) is 1.74. The van der Waals surface area contributed by atoms with Gasteiger partial charge in [-0.3, -0.25) is 0 Å². The highest BCUT2D eigenvalue weighted by Crippen LogP contribution is 2.29. The van der Waals surface area contributed by atoms with Gasteiger partial charge in [-0.05, 0) is 36.3 Å². The van der Waals surface area contributed by atoms with E-state index >= 15 is 0 Å². The second-order valence-corrected chi connectivity index (χ2v) is 6.37. The van der Waals surface area contributed by atoms with E-state index < -0.39 is 0 Å². The molecule has 0 radical (unpaired) electrons. The van der Waals surface area contributed by atoms with Crippen LogP contribution in [-0.4, -0.2) is 33.4 Å². The van der Waals surface area contributed by atoms with E-state index in [0.29, 0.717) is 0 Å². The van der Waals surface area contributed by atoms with E-state index in [1.807, 2.05) is 0 Å². The van der Waals surface area contributed by atoms with Crippen molar-refractivity contribution in [2.45, 2.75) is 33.2 Å². The average Bonchev–Trinajstić information content (AvgIpc) is 2.52. The zero-order valence-corrected chi connectivity index (χ0v) is 13.8. The molecule has 3 nitrogen and oxygen atoms in total. The summed E-state index contributed by atoms with van der Waals surface area (Å²) in [5.41, 5.74) is 2.81. The van der Waals surface area contributed by atoms with Crippen LogP contribution in [0.15, 0.2) is 24.3 Å². The third kappa shape index (κ3) is 4.72. The monoisotopic (exact) mass is 290 g/mol. The molecular weight excluding hydrogens is 260 g/mol. The lowest BCUT2D eigenvalue weighted by molar-refractivity contribution is 0.199. The van der Waals surface area contributed by atoms with Crippen molar-refractivity contribution in [2.75, 3.05) is 38.3 Å². The summed E-state index contributed by atoms with van der Waals surface area (Å²) in [6.45, 7) is 9.68. The maximum absolute atomic E-state index is 5.09. The van der Waals surface area contributed by atoms with Gasteiger partial charge in [0.1, 0.15) is 0 Å². The number of ether oxygens (including phenoxy) is 1. The highest BCUT2D eigenvalue weighted by Gasteiger charge is 2.22. The van der Waals surface area contributed by atoms with Crippen LogP contribution in [0.3, 0.4) is 0 Å². The van der Waals surface area contributed by atoms with Gasteiger partial charge in [-0.2, -0.15) is 0 Å². The summed E-state index contributed by atoms with van der Waals surface area (Å²) in [6.07, 6.45) is 2.65. The Morgan fingerprint density at radius 3 is 2.62 bits per heavy atom. The first-order valence-corrected chi connectivity index (χ1v) is 8.25. The van der Waals surface area contributed by atoms with Gasteiger partial charge in [0, 0.05) is 39.0 Å². The molecule has 1 aromatic carbocycles. The smallest absolute Gasteiger partial charge is 0.0587 e. The van der Waals surface area contributed by atoms with Crippen LogP contribution in [0.2, 0.25) is 0 Å². The summed E-state index contributed by atoms with van der Waals surface area (Å²) >= 11 is 0. The third-order valence-electron chi connectivity index (χ3n) is 4.61. The van der Waals surface area contributed by atoms with E-state index in [4.69, 9.17) is 4.74 Å². The van der Waals surface area contributed by atoms with E-state index in [-0.39, 0.29) is 0 Å². The van der Waals surface area contributed by atoms with Gasteiger partial charge in [0.25, 0.3) is 0 Å². The van der Waals surface area contributed by atoms with E-state index in [9.17, 15) is 0 Å². The quantitative estimate of drug-likeness (QED) is 0.780.